The summed E-state index contributed by atoms with van der Waals surface area (Å²) in [7, 11) is 6.37. The average molecular weight is 411 g/mol. The van der Waals surface area contributed by atoms with Crippen LogP contribution in [0.2, 0.25) is 5.02 Å². The number of benzene rings is 1. The quantitative estimate of drug-likeness (QED) is 0.583. The molecule has 7 nitrogen and oxygen atoms in total. The van der Waals surface area contributed by atoms with Crippen LogP contribution in [0.1, 0.15) is 18.9 Å². The van der Waals surface area contributed by atoms with Crippen LogP contribution in [0.25, 0.3) is 0 Å². The summed E-state index contributed by atoms with van der Waals surface area (Å²) in [6.45, 7) is 2.98. The molecule has 0 fully saturated rings. The maximum absolute atomic E-state index is 6.25. The lowest BCUT2D eigenvalue weighted by atomic mass is 10.1. The Morgan fingerprint density at radius 1 is 1.04 bits per heavy atom. The lowest BCUT2D eigenvalue weighted by molar-refractivity contribution is 0.179. The van der Waals surface area contributed by atoms with E-state index in [1.165, 1.54) is 7.11 Å². The van der Waals surface area contributed by atoms with E-state index in [1.807, 2.05) is 6.07 Å². The van der Waals surface area contributed by atoms with Crippen molar-refractivity contribution in [2.45, 2.75) is 26.0 Å². The van der Waals surface area contributed by atoms with Gasteiger partial charge in [0.05, 0.1) is 38.0 Å². The normalized spacial score (nSPS) is 11.8. The van der Waals surface area contributed by atoms with Crippen LogP contribution in [-0.4, -0.2) is 46.1 Å². The van der Waals surface area contributed by atoms with Gasteiger partial charge in [-0.05, 0) is 24.6 Å². The molecule has 28 heavy (non-hydrogen) atoms. The standard InChI is InChI=1S/C20H27ClN2O5/c1-6-13(11-24-2)23-16-9-10-22-20(14(16)12-25-3)28-19-17(26-4)8-7-15(21)18(19)27-5/h7-10,13H,6,11-12H2,1-5H3,(H,22,23). The molecule has 0 radical (unpaired) electrons. The van der Waals surface area contributed by atoms with Crippen molar-refractivity contribution in [1.82, 2.24) is 4.98 Å². The van der Waals surface area contributed by atoms with Crippen LogP contribution in [-0.2, 0) is 16.1 Å². The van der Waals surface area contributed by atoms with Crippen LogP contribution in [0.3, 0.4) is 0 Å². The van der Waals surface area contributed by atoms with Gasteiger partial charge in [-0.25, -0.2) is 4.98 Å². The van der Waals surface area contributed by atoms with Gasteiger partial charge in [0.15, 0.2) is 11.5 Å². The number of nitrogens with zero attached hydrogens (tertiary/aromatic N) is 1. The van der Waals surface area contributed by atoms with Gasteiger partial charge in [-0.1, -0.05) is 18.5 Å². The molecule has 0 saturated heterocycles. The molecule has 0 aliphatic heterocycles. The number of methoxy groups -OCH3 is 4. The highest BCUT2D eigenvalue weighted by Crippen LogP contribution is 2.45. The molecular weight excluding hydrogens is 384 g/mol. The predicted molar refractivity (Wildman–Crippen MR) is 109 cm³/mol. The monoisotopic (exact) mass is 410 g/mol. The van der Waals surface area contributed by atoms with Gasteiger partial charge in [-0.15, -0.1) is 0 Å². The molecule has 1 N–H and O–H groups in total. The van der Waals surface area contributed by atoms with E-state index in [2.05, 4.69) is 17.2 Å². The summed E-state index contributed by atoms with van der Waals surface area (Å²) < 4.78 is 27.6. The molecule has 1 atom stereocenters. The number of hydrogen-bond donors (Lipinski definition) is 1. The second-order valence-electron chi connectivity index (χ2n) is 5.99. The zero-order valence-corrected chi connectivity index (χ0v) is 17.6. The first kappa shape index (κ1) is 22.1. The lowest BCUT2D eigenvalue weighted by Crippen LogP contribution is -2.24. The average Bonchev–Trinajstić information content (AvgIpc) is 2.70. The molecule has 0 spiro atoms. The zero-order valence-electron chi connectivity index (χ0n) is 16.9. The number of rotatable bonds is 11. The van der Waals surface area contributed by atoms with Crippen molar-refractivity contribution in [3.8, 4) is 23.1 Å². The van der Waals surface area contributed by atoms with Crippen LogP contribution in [0.4, 0.5) is 5.69 Å². The summed E-state index contributed by atoms with van der Waals surface area (Å²) in [6.07, 6.45) is 2.56. The Morgan fingerprint density at radius 3 is 2.43 bits per heavy atom. The largest absolute Gasteiger partial charge is 0.493 e. The summed E-state index contributed by atoms with van der Waals surface area (Å²) in [5.74, 6) is 1.58. The van der Waals surface area contributed by atoms with E-state index in [-0.39, 0.29) is 6.04 Å². The van der Waals surface area contributed by atoms with Crippen molar-refractivity contribution in [3.05, 3.63) is 35.0 Å². The first-order valence-electron chi connectivity index (χ1n) is 8.90. The number of anilines is 1. The molecule has 0 aliphatic carbocycles. The van der Waals surface area contributed by atoms with E-state index in [9.17, 15) is 0 Å². The van der Waals surface area contributed by atoms with E-state index < -0.39 is 0 Å². The van der Waals surface area contributed by atoms with Gasteiger partial charge in [-0.2, -0.15) is 0 Å². The van der Waals surface area contributed by atoms with E-state index >= 15 is 0 Å². The van der Waals surface area contributed by atoms with Crippen molar-refractivity contribution >= 4 is 17.3 Å². The van der Waals surface area contributed by atoms with Crippen molar-refractivity contribution in [1.29, 1.82) is 0 Å². The molecule has 2 rings (SSSR count). The Labute approximate surface area is 170 Å². The Kier molecular flexibility index (Phi) is 8.63. The summed E-state index contributed by atoms with van der Waals surface area (Å²) >= 11 is 6.25. The van der Waals surface area contributed by atoms with Crippen LogP contribution in [0.15, 0.2) is 24.4 Å². The summed E-state index contributed by atoms with van der Waals surface area (Å²) in [6, 6.07) is 5.42. The predicted octanol–water partition coefficient (Wildman–Crippen LogP) is 4.53. The molecule has 0 aliphatic rings. The van der Waals surface area contributed by atoms with Crippen molar-refractivity contribution in [3.63, 3.8) is 0 Å². The molecule has 154 valence electrons. The fourth-order valence-electron chi connectivity index (χ4n) is 2.73. The maximum atomic E-state index is 6.25. The summed E-state index contributed by atoms with van der Waals surface area (Å²) in [5, 5.41) is 3.87. The number of halogens is 1. The molecule has 2 aromatic rings. The number of hydrogen-bond acceptors (Lipinski definition) is 7. The highest BCUT2D eigenvalue weighted by atomic mass is 35.5. The third-order valence-corrected chi connectivity index (χ3v) is 4.47. The van der Waals surface area contributed by atoms with Gasteiger partial charge >= 0.3 is 0 Å². The number of aromatic nitrogens is 1. The topological polar surface area (TPSA) is 71.1 Å². The van der Waals surface area contributed by atoms with Gasteiger partial charge in [0.25, 0.3) is 0 Å². The second-order valence-corrected chi connectivity index (χ2v) is 6.40. The summed E-state index contributed by atoms with van der Waals surface area (Å²) in [5.41, 5.74) is 1.62. The van der Waals surface area contributed by atoms with Crippen LogP contribution < -0.4 is 19.5 Å². The van der Waals surface area contributed by atoms with Gasteiger partial charge in [-0.3, -0.25) is 0 Å². The SMILES string of the molecule is CCC(COC)Nc1ccnc(Oc2c(OC)ccc(Cl)c2OC)c1COC. The third kappa shape index (κ3) is 5.19. The smallest absolute Gasteiger partial charge is 0.227 e. The molecular formula is C20H27ClN2O5. The Balaban J connectivity index is 2.46. The molecule has 0 bridgehead atoms. The van der Waals surface area contributed by atoms with Crippen molar-refractivity contribution < 1.29 is 23.7 Å². The Bertz CT molecular complexity index is 773. The Morgan fingerprint density at radius 2 is 1.82 bits per heavy atom. The lowest BCUT2D eigenvalue weighted by Gasteiger charge is -2.21. The molecule has 1 aromatic heterocycles. The first-order valence-corrected chi connectivity index (χ1v) is 9.27. The molecule has 1 aromatic carbocycles. The number of pyridine rings is 1. The van der Waals surface area contributed by atoms with Crippen molar-refractivity contribution in [2.24, 2.45) is 0 Å². The number of ether oxygens (including phenoxy) is 5. The second kappa shape index (κ2) is 10.9. The maximum Gasteiger partial charge on any atom is 0.227 e. The highest BCUT2D eigenvalue weighted by molar-refractivity contribution is 6.32. The minimum atomic E-state index is 0.145. The van der Waals surface area contributed by atoms with Crippen molar-refractivity contribution in [2.75, 3.05) is 40.4 Å². The van der Waals surface area contributed by atoms with Gasteiger partial charge in [0.2, 0.25) is 11.6 Å². The molecule has 8 heteroatoms. The van der Waals surface area contributed by atoms with E-state index in [0.717, 1.165) is 17.7 Å². The molecule has 1 heterocycles. The van der Waals surface area contributed by atoms with E-state index in [1.54, 1.807) is 39.7 Å². The van der Waals surface area contributed by atoms with Gasteiger partial charge in [0.1, 0.15) is 0 Å². The minimum absolute atomic E-state index is 0.145. The fourth-order valence-corrected chi connectivity index (χ4v) is 2.95. The fraction of sp³-hybridized carbons (Fsp3) is 0.450. The zero-order chi connectivity index (χ0) is 20.5. The van der Waals surface area contributed by atoms with E-state index in [0.29, 0.717) is 41.4 Å². The highest BCUT2D eigenvalue weighted by Gasteiger charge is 2.21. The van der Waals surface area contributed by atoms with E-state index in [4.69, 9.17) is 35.3 Å². The Hall–Kier alpha value is -2.22. The molecule has 0 saturated carbocycles. The van der Waals surface area contributed by atoms with Crippen LogP contribution in [0, 0.1) is 0 Å². The number of nitrogens with one attached hydrogen (secondary N) is 1. The van der Waals surface area contributed by atoms with Gasteiger partial charge in [0, 0.05) is 32.1 Å². The first-order chi connectivity index (χ1) is 13.6. The minimum Gasteiger partial charge on any atom is -0.493 e. The molecule has 0 amide bonds. The van der Waals surface area contributed by atoms with Gasteiger partial charge < -0.3 is 29.0 Å². The van der Waals surface area contributed by atoms with Crippen LogP contribution >= 0.6 is 11.6 Å². The van der Waals surface area contributed by atoms with Crippen LogP contribution in [0.5, 0.6) is 23.1 Å². The summed E-state index contributed by atoms with van der Waals surface area (Å²) in [4.78, 5) is 4.39. The molecule has 1 unspecified atom stereocenters. The third-order valence-electron chi connectivity index (χ3n) is 4.18.